The predicted octanol–water partition coefficient (Wildman–Crippen LogP) is 1.37. The summed E-state index contributed by atoms with van der Waals surface area (Å²) >= 11 is 0. The molecule has 0 aromatic carbocycles. The molecule has 0 aliphatic heterocycles. The first kappa shape index (κ1) is 11.8. The number of hydrogen-bond donors (Lipinski definition) is 3. The van der Waals surface area contributed by atoms with Crippen LogP contribution in [0.25, 0.3) is 5.52 Å². The standard InChI is InChI=1S/C13H17N5O/c14-11-6-5-10-12(17-8-3-1-2-4-8)9(13(15)19)7-16-18(10)11/h5-8,17H,1-4,14H2,(H2,15,19). The van der Waals surface area contributed by atoms with Crippen LogP contribution in [0.5, 0.6) is 0 Å². The van der Waals surface area contributed by atoms with Crippen LogP contribution in [0.3, 0.4) is 0 Å². The highest BCUT2D eigenvalue weighted by Crippen LogP contribution is 2.28. The number of fused-ring (bicyclic) bond motifs is 1. The molecule has 19 heavy (non-hydrogen) atoms. The minimum atomic E-state index is -0.477. The van der Waals surface area contributed by atoms with Crippen LogP contribution < -0.4 is 16.8 Å². The number of rotatable bonds is 3. The molecule has 0 bridgehead atoms. The van der Waals surface area contributed by atoms with Crippen LogP contribution in [-0.4, -0.2) is 21.6 Å². The number of primary amides is 1. The molecule has 1 amide bonds. The number of nitrogens with two attached hydrogens (primary N) is 2. The molecule has 0 saturated heterocycles. The molecule has 0 radical (unpaired) electrons. The quantitative estimate of drug-likeness (QED) is 0.775. The number of nitrogen functional groups attached to an aromatic ring is 1. The van der Waals surface area contributed by atoms with Gasteiger partial charge in [-0.05, 0) is 25.0 Å². The van der Waals surface area contributed by atoms with E-state index >= 15 is 0 Å². The molecule has 1 aliphatic rings. The Bertz CT molecular complexity index is 627. The lowest BCUT2D eigenvalue weighted by atomic mass is 10.1. The average Bonchev–Trinajstić information content (AvgIpc) is 3.00. The van der Waals surface area contributed by atoms with Crippen molar-refractivity contribution in [3.05, 3.63) is 23.9 Å². The van der Waals surface area contributed by atoms with Crippen molar-refractivity contribution in [1.29, 1.82) is 0 Å². The first-order valence-corrected chi connectivity index (χ1v) is 6.49. The maximum Gasteiger partial charge on any atom is 0.252 e. The van der Waals surface area contributed by atoms with E-state index in [2.05, 4.69) is 10.4 Å². The summed E-state index contributed by atoms with van der Waals surface area (Å²) in [5.41, 5.74) is 13.2. The molecule has 6 heteroatoms. The molecule has 1 fully saturated rings. The van der Waals surface area contributed by atoms with E-state index in [0.717, 1.165) is 24.0 Å². The first-order valence-electron chi connectivity index (χ1n) is 6.49. The third-order valence-electron chi connectivity index (χ3n) is 3.68. The van der Waals surface area contributed by atoms with Gasteiger partial charge in [-0.25, -0.2) is 4.52 Å². The smallest absolute Gasteiger partial charge is 0.252 e. The lowest BCUT2D eigenvalue weighted by Crippen LogP contribution is -2.21. The average molecular weight is 259 g/mol. The van der Waals surface area contributed by atoms with Crippen molar-refractivity contribution in [2.45, 2.75) is 31.7 Å². The van der Waals surface area contributed by atoms with Gasteiger partial charge < -0.3 is 16.8 Å². The molecule has 2 heterocycles. The van der Waals surface area contributed by atoms with Crippen molar-refractivity contribution in [3.63, 3.8) is 0 Å². The summed E-state index contributed by atoms with van der Waals surface area (Å²) in [6.07, 6.45) is 6.14. The molecule has 1 aliphatic carbocycles. The lowest BCUT2D eigenvalue weighted by molar-refractivity contribution is 0.100. The first-order chi connectivity index (χ1) is 9.16. The van der Waals surface area contributed by atoms with Gasteiger partial charge in [0.05, 0.1) is 23.0 Å². The van der Waals surface area contributed by atoms with E-state index in [1.807, 2.05) is 6.07 Å². The fraction of sp³-hybridized carbons (Fsp3) is 0.385. The summed E-state index contributed by atoms with van der Waals surface area (Å²) in [7, 11) is 0. The largest absolute Gasteiger partial charge is 0.384 e. The minimum Gasteiger partial charge on any atom is -0.384 e. The number of anilines is 2. The number of amides is 1. The molecule has 1 saturated carbocycles. The summed E-state index contributed by atoms with van der Waals surface area (Å²) in [6.45, 7) is 0. The fourth-order valence-corrected chi connectivity index (χ4v) is 2.69. The van der Waals surface area contributed by atoms with E-state index in [4.69, 9.17) is 11.5 Å². The number of nitrogens with zero attached hydrogens (tertiary/aromatic N) is 2. The van der Waals surface area contributed by atoms with Gasteiger partial charge in [0.1, 0.15) is 5.82 Å². The van der Waals surface area contributed by atoms with Gasteiger partial charge in [-0.1, -0.05) is 12.8 Å². The van der Waals surface area contributed by atoms with Crippen LogP contribution in [-0.2, 0) is 0 Å². The second kappa shape index (κ2) is 4.46. The van der Waals surface area contributed by atoms with E-state index in [-0.39, 0.29) is 0 Å². The third-order valence-corrected chi connectivity index (χ3v) is 3.68. The minimum absolute atomic E-state index is 0.389. The number of carbonyl (C=O) groups excluding carboxylic acids is 1. The molecule has 2 aromatic rings. The van der Waals surface area contributed by atoms with Crippen LogP contribution in [0.4, 0.5) is 11.5 Å². The van der Waals surface area contributed by atoms with E-state index in [1.54, 1.807) is 10.6 Å². The summed E-state index contributed by atoms with van der Waals surface area (Å²) in [5, 5.41) is 7.58. The fourth-order valence-electron chi connectivity index (χ4n) is 2.69. The van der Waals surface area contributed by atoms with Crippen molar-refractivity contribution in [2.24, 2.45) is 5.73 Å². The molecular formula is C13H17N5O. The van der Waals surface area contributed by atoms with Crippen LogP contribution >= 0.6 is 0 Å². The summed E-state index contributed by atoms with van der Waals surface area (Å²) in [6, 6.07) is 4.01. The van der Waals surface area contributed by atoms with Crippen LogP contribution in [0.15, 0.2) is 18.3 Å². The zero-order chi connectivity index (χ0) is 13.4. The molecule has 3 rings (SSSR count). The van der Waals surface area contributed by atoms with Crippen molar-refractivity contribution in [3.8, 4) is 0 Å². The molecule has 0 spiro atoms. The monoisotopic (exact) mass is 259 g/mol. The van der Waals surface area contributed by atoms with Gasteiger partial charge in [0, 0.05) is 6.04 Å². The highest BCUT2D eigenvalue weighted by Gasteiger charge is 2.20. The van der Waals surface area contributed by atoms with E-state index in [0.29, 0.717) is 17.4 Å². The maximum absolute atomic E-state index is 11.5. The van der Waals surface area contributed by atoms with Crippen LogP contribution in [0.1, 0.15) is 36.0 Å². The Kier molecular flexibility index (Phi) is 2.77. The SMILES string of the molecule is NC(=O)c1cnn2c(N)ccc2c1NC1CCCC1. The lowest BCUT2D eigenvalue weighted by Gasteiger charge is -2.17. The van der Waals surface area contributed by atoms with Crippen molar-refractivity contribution < 1.29 is 4.79 Å². The molecule has 0 atom stereocenters. The van der Waals surface area contributed by atoms with E-state index in [1.165, 1.54) is 19.0 Å². The second-order valence-corrected chi connectivity index (χ2v) is 4.98. The van der Waals surface area contributed by atoms with Crippen molar-refractivity contribution >= 4 is 22.9 Å². The molecule has 5 N–H and O–H groups in total. The Morgan fingerprint density at radius 2 is 2.11 bits per heavy atom. The Balaban J connectivity index is 2.10. The van der Waals surface area contributed by atoms with Gasteiger partial charge in [0.15, 0.2) is 0 Å². The summed E-state index contributed by atoms with van der Waals surface area (Å²) in [4.78, 5) is 11.5. The number of aromatic nitrogens is 2. The van der Waals surface area contributed by atoms with E-state index in [9.17, 15) is 4.79 Å². The normalized spacial score (nSPS) is 16.0. The topological polar surface area (TPSA) is 98.4 Å². The second-order valence-electron chi connectivity index (χ2n) is 4.98. The van der Waals surface area contributed by atoms with Crippen molar-refractivity contribution in [1.82, 2.24) is 9.61 Å². The molecule has 6 nitrogen and oxygen atoms in total. The summed E-state index contributed by atoms with van der Waals surface area (Å²) < 4.78 is 1.61. The number of hydrogen-bond acceptors (Lipinski definition) is 4. The van der Waals surface area contributed by atoms with Crippen LogP contribution in [0, 0.1) is 0 Å². The predicted molar refractivity (Wildman–Crippen MR) is 74.0 cm³/mol. The van der Waals surface area contributed by atoms with Gasteiger partial charge in [0.25, 0.3) is 5.91 Å². The highest BCUT2D eigenvalue weighted by molar-refractivity contribution is 6.02. The maximum atomic E-state index is 11.5. The molecule has 2 aromatic heterocycles. The highest BCUT2D eigenvalue weighted by atomic mass is 16.1. The third kappa shape index (κ3) is 1.99. The number of nitrogens with one attached hydrogen (secondary N) is 1. The van der Waals surface area contributed by atoms with Gasteiger partial charge in [0.2, 0.25) is 0 Å². The molecule has 0 unspecified atom stereocenters. The van der Waals surface area contributed by atoms with Crippen LogP contribution in [0.2, 0.25) is 0 Å². The van der Waals surface area contributed by atoms with Gasteiger partial charge >= 0.3 is 0 Å². The Morgan fingerprint density at radius 1 is 1.37 bits per heavy atom. The zero-order valence-corrected chi connectivity index (χ0v) is 10.6. The Labute approximate surface area is 110 Å². The molecule has 100 valence electrons. The van der Waals surface area contributed by atoms with Crippen molar-refractivity contribution in [2.75, 3.05) is 11.1 Å². The van der Waals surface area contributed by atoms with Gasteiger partial charge in [-0.15, -0.1) is 0 Å². The zero-order valence-electron chi connectivity index (χ0n) is 10.6. The summed E-state index contributed by atoms with van der Waals surface area (Å²) in [5.74, 6) is 0.0655. The number of carbonyl (C=O) groups is 1. The van der Waals surface area contributed by atoms with Gasteiger partial charge in [-0.2, -0.15) is 5.10 Å². The van der Waals surface area contributed by atoms with Gasteiger partial charge in [-0.3, -0.25) is 4.79 Å². The Morgan fingerprint density at radius 3 is 2.79 bits per heavy atom. The Hall–Kier alpha value is -2.24. The molecular weight excluding hydrogens is 242 g/mol. The van der Waals surface area contributed by atoms with E-state index < -0.39 is 5.91 Å².